The van der Waals surface area contributed by atoms with Crippen molar-refractivity contribution in [3.8, 4) is 0 Å². The van der Waals surface area contributed by atoms with Crippen LogP contribution < -0.4 is 5.73 Å². The van der Waals surface area contributed by atoms with Crippen LogP contribution in [0.3, 0.4) is 0 Å². The molecule has 0 saturated heterocycles. The quantitative estimate of drug-likeness (QED) is 0.613. The van der Waals surface area contributed by atoms with Crippen molar-refractivity contribution in [3.05, 3.63) is 0 Å². The number of nitrogens with two attached hydrogens (primary N) is 1. The Morgan fingerprint density at radius 2 is 2.20 bits per heavy atom. The van der Waals surface area contributed by atoms with Crippen molar-refractivity contribution in [2.24, 2.45) is 11.1 Å². The average Bonchev–Trinajstić information content (AvgIpc) is 1.85. The van der Waals surface area contributed by atoms with Crippen molar-refractivity contribution in [3.63, 3.8) is 0 Å². The number of halogens is 2. The second-order valence-corrected chi connectivity index (χ2v) is 2.23. The number of carboxylic acids is 1. The van der Waals surface area contributed by atoms with Crippen molar-refractivity contribution in [1.82, 2.24) is 0 Å². The highest BCUT2D eigenvalue weighted by Crippen LogP contribution is 2.23. The molecule has 0 amide bonds. The summed E-state index contributed by atoms with van der Waals surface area (Å²) in [7, 11) is 0. The maximum Gasteiger partial charge on any atom is 0.316 e. The molecular formula is C5H9F2NO2. The van der Waals surface area contributed by atoms with Crippen LogP contribution in [-0.4, -0.2) is 24.0 Å². The zero-order valence-corrected chi connectivity index (χ0v) is 5.47. The highest BCUT2D eigenvalue weighted by Gasteiger charge is 2.41. The van der Waals surface area contributed by atoms with Crippen LogP contribution >= 0.6 is 0 Å². The summed E-state index contributed by atoms with van der Waals surface area (Å²) in [5.74, 6) is -1.56. The van der Waals surface area contributed by atoms with Crippen LogP contribution in [-0.2, 0) is 4.79 Å². The topological polar surface area (TPSA) is 63.3 Å². The van der Waals surface area contributed by atoms with Crippen molar-refractivity contribution in [2.75, 3.05) is 6.54 Å². The van der Waals surface area contributed by atoms with Gasteiger partial charge in [-0.15, -0.1) is 0 Å². The van der Waals surface area contributed by atoms with Crippen LogP contribution in [0.25, 0.3) is 0 Å². The Kier molecular flexibility index (Phi) is 2.71. The van der Waals surface area contributed by atoms with Gasteiger partial charge in [-0.05, 0) is 6.92 Å². The lowest BCUT2D eigenvalue weighted by Gasteiger charge is -2.20. The first kappa shape index (κ1) is 9.29. The Hall–Kier alpha value is -0.710. The molecule has 0 saturated carbocycles. The lowest BCUT2D eigenvalue weighted by molar-refractivity contribution is -0.156. The van der Waals surface area contributed by atoms with Gasteiger partial charge in [-0.25, -0.2) is 8.78 Å². The van der Waals surface area contributed by atoms with Gasteiger partial charge < -0.3 is 10.8 Å². The van der Waals surface area contributed by atoms with E-state index in [1.807, 2.05) is 0 Å². The zero-order chi connectivity index (χ0) is 8.36. The fraction of sp³-hybridized carbons (Fsp3) is 0.800. The molecule has 0 aliphatic carbocycles. The van der Waals surface area contributed by atoms with Gasteiger partial charge >= 0.3 is 5.97 Å². The molecule has 10 heavy (non-hydrogen) atoms. The molecule has 0 aliphatic rings. The van der Waals surface area contributed by atoms with E-state index in [2.05, 4.69) is 0 Å². The van der Waals surface area contributed by atoms with E-state index in [9.17, 15) is 13.6 Å². The third kappa shape index (κ3) is 1.41. The minimum absolute atomic E-state index is 0.556. The van der Waals surface area contributed by atoms with E-state index >= 15 is 0 Å². The third-order valence-electron chi connectivity index (χ3n) is 1.39. The van der Waals surface area contributed by atoms with E-state index in [0.717, 1.165) is 6.92 Å². The van der Waals surface area contributed by atoms with Crippen molar-refractivity contribution in [2.45, 2.75) is 13.3 Å². The Balaban J connectivity index is 4.38. The lowest BCUT2D eigenvalue weighted by atomic mass is 9.92. The summed E-state index contributed by atoms with van der Waals surface area (Å²) in [5, 5.41) is 8.24. The number of carbonyl (C=O) groups is 1. The molecule has 3 nitrogen and oxygen atoms in total. The van der Waals surface area contributed by atoms with Gasteiger partial charge in [0.2, 0.25) is 0 Å². The first-order chi connectivity index (χ1) is 4.45. The summed E-state index contributed by atoms with van der Waals surface area (Å²) in [5.41, 5.74) is 2.75. The monoisotopic (exact) mass is 153 g/mol. The number of hydrogen-bond acceptors (Lipinski definition) is 2. The van der Waals surface area contributed by atoms with Gasteiger partial charge in [0.1, 0.15) is 5.41 Å². The fourth-order valence-corrected chi connectivity index (χ4v) is 0.270. The molecule has 0 radical (unpaired) electrons. The predicted octanol–water partition coefficient (Wildman–Crippen LogP) is 0.301. The molecule has 60 valence electrons. The molecule has 1 unspecified atom stereocenters. The minimum Gasteiger partial charge on any atom is -0.481 e. The van der Waals surface area contributed by atoms with E-state index in [1.54, 1.807) is 0 Å². The molecule has 1 atom stereocenters. The van der Waals surface area contributed by atoms with Crippen LogP contribution in [0.15, 0.2) is 0 Å². The molecule has 0 rings (SSSR count). The number of carboxylic acid groups (broad SMARTS) is 1. The van der Waals surface area contributed by atoms with Crippen LogP contribution in [0.4, 0.5) is 8.78 Å². The van der Waals surface area contributed by atoms with E-state index in [1.165, 1.54) is 0 Å². The molecule has 0 aromatic carbocycles. The SMILES string of the molecule is CC(CN)(C(=O)O)C(F)F. The summed E-state index contributed by atoms with van der Waals surface area (Å²) in [6.07, 6.45) is -2.92. The summed E-state index contributed by atoms with van der Waals surface area (Å²) in [6.45, 7) is 0.361. The molecule has 3 N–H and O–H groups in total. The Morgan fingerprint density at radius 3 is 2.20 bits per heavy atom. The predicted molar refractivity (Wildman–Crippen MR) is 30.8 cm³/mol. The Bertz CT molecular complexity index is 140. The summed E-state index contributed by atoms with van der Waals surface area (Å²) < 4.78 is 23.7. The van der Waals surface area contributed by atoms with Gasteiger partial charge in [0.15, 0.2) is 0 Å². The molecule has 0 fully saturated rings. The number of hydrogen-bond donors (Lipinski definition) is 2. The first-order valence-electron chi connectivity index (χ1n) is 2.66. The highest BCUT2D eigenvalue weighted by molar-refractivity contribution is 5.74. The van der Waals surface area contributed by atoms with E-state index in [4.69, 9.17) is 10.8 Å². The molecule has 0 spiro atoms. The fourth-order valence-electron chi connectivity index (χ4n) is 0.270. The summed E-state index contributed by atoms with van der Waals surface area (Å²) >= 11 is 0. The Labute approximate surface area is 56.8 Å². The van der Waals surface area contributed by atoms with Crippen molar-refractivity contribution < 1.29 is 18.7 Å². The minimum atomic E-state index is -2.92. The number of alkyl halides is 2. The van der Waals surface area contributed by atoms with Crippen molar-refractivity contribution in [1.29, 1.82) is 0 Å². The molecule has 0 aromatic rings. The second kappa shape index (κ2) is 2.92. The lowest BCUT2D eigenvalue weighted by Crippen LogP contribution is -2.41. The molecule has 0 heterocycles. The maximum absolute atomic E-state index is 11.9. The summed E-state index contributed by atoms with van der Waals surface area (Å²) in [4.78, 5) is 10.1. The Morgan fingerprint density at radius 1 is 1.80 bits per heavy atom. The van der Waals surface area contributed by atoms with Gasteiger partial charge in [0.05, 0.1) is 0 Å². The van der Waals surface area contributed by atoms with Crippen LogP contribution in [0, 0.1) is 5.41 Å². The van der Waals surface area contributed by atoms with Gasteiger partial charge in [-0.1, -0.05) is 0 Å². The van der Waals surface area contributed by atoms with Gasteiger partial charge in [0.25, 0.3) is 6.43 Å². The molecule has 5 heteroatoms. The zero-order valence-electron chi connectivity index (χ0n) is 5.47. The molecule has 0 aliphatic heterocycles. The van der Waals surface area contributed by atoms with E-state index in [0.29, 0.717) is 0 Å². The van der Waals surface area contributed by atoms with Gasteiger partial charge in [0, 0.05) is 6.54 Å². The van der Waals surface area contributed by atoms with E-state index < -0.39 is 24.4 Å². The largest absolute Gasteiger partial charge is 0.481 e. The van der Waals surface area contributed by atoms with Crippen LogP contribution in [0.5, 0.6) is 0 Å². The smallest absolute Gasteiger partial charge is 0.316 e. The third-order valence-corrected chi connectivity index (χ3v) is 1.39. The van der Waals surface area contributed by atoms with Crippen LogP contribution in [0.2, 0.25) is 0 Å². The highest BCUT2D eigenvalue weighted by atomic mass is 19.3. The van der Waals surface area contributed by atoms with Gasteiger partial charge in [-0.2, -0.15) is 0 Å². The normalized spacial score (nSPS) is 16.9. The van der Waals surface area contributed by atoms with E-state index in [-0.39, 0.29) is 0 Å². The average molecular weight is 153 g/mol. The van der Waals surface area contributed by atoms with Crippen molar-refractivity contribution >= 4 is 5.97 Å². The number of aliphatic carboxylic acids is 1. The summed E-state index contributed by atoms with van der Waals surface area (Å²) in [6, 6.07) is 0. The van der Waals surface area contributed by atoms with Crippen LogP contribution in [0.1, 0.15) is 6.92 Å². The molecular weight excluding hydrogens is 144 g/mol. The first-order valence-corrected chi connectivity index (χ1v) is 2.66. The van der Waals surface area contributed by atoms with Gasteiger partial charge in [-0.3, -0.25) is 4.79 Å². The molecule has 0 aromatic heterocycles. The molecule has 0 bridgehead atoms. The standard InChI is InChI=1S/C5H9F2NO2/c1-5(2-8,3(6)7)4(9)10/h3H,2,8H2,1H3,(H,9,10). The second-order valence-electron chi connectivity index (χ2n) is 2.23. The maximum atomic E-state index is 11.9. The number of rotatable bonds is 3.